The molecule has 3 aromatic rings. The highest BCUT2D eigenvalue weighted by molar-refractivity contribution is 5.92. The number of hydrogen-bond donors (Lipinski definition) is 1. The highest BCUT2D eigenvalue weighted by atomic mass is 19.1. The number of amides is 1. The topological polar surface area (TPSA) is 114 Å². The maximum Gasteiger partial charge on any atom is 0.269 e. The third-order valence-electron chi connectivity index (χ3n) is 5.13. The summed E-state index contributed by atoms with van der Waals surface area (Å²) in [4.78, 5) is 29.1. The molecule has 1 aromatic heterocycles. The number of benzene rings is 2. The lowest BCUT2D eigenvalue weighted by Crippen LogP contribution is -2.39. The molecule has 0 radical (unpaired) electrons. The average Bonchev–Trinajstić information content (AvgIpc) is 3.25. The Morgan fingerprint density at radius 3 is 2.68 bits per heavy atom. The molecule has 1 saturated heterocycles. The predicted octanol–water partition coefficient (Wildman–Crippen LogP) is 3.60. The van der Waals surface area contributed by atoms with Gasteiger partial charge in [-0.3, -0.25) is 19.8 Å². The summed E-state index contributed by atoms with van der Waals surface area (Å²) in [5.41, 5.74) is 1.15. The van der Waals surface area contributed by atoms with Crippen LogP contribution in [-0.2, 0) is 4.79 Å². The largest absolute Gasteiger partial charge is 0.339 e. The molecule has 2 heterocycles. The van der Waals surface area contributed by atoms with Crippen molar-refractivity contribution in [2.75, 3.05) is 25.0 Å². The minimum Gasteiger partial charge on any atom is -0.339 e. The fraction of sp³-hybridized carbons (Fsp3) is 0.286. The van der Waals surface area contributed by atoms with Crippen LogP contribution in [0.15, 0.2) is 53.1 Å². The number of nitrogens with one attached hydrogen (secondary N) is 1. The van der Waals surface area contributed by atoms with Crippen molar-refractivity contribution >= 4 is 17.3 Å². The lowest BCUT2D eigenvalue weighted by Gasteiger charge is -2.30. The van der Waals surface area contributed by atoms with Gasteiger partial charge in [-0.15, -0.1) is 0 Å². The number of aromatic nitrogens is 2. The fourth-order valence-electron chi connectivity index (χ4n) is 3.59. The summed E-state index contributed by atoms with van der Waals surface area (Å²) in [6.45, 7) is 1.55. The molecule has 0 bridgehead atoms. The number of rotatable bonds is 6. The summed E-state index contributed by atoms with van der Waals surface area (Å²) in [5.74, 6) is 0.375. The lowest BCUT2D eigenvalue weighted by atomic mass is 9.98. The van der Waals surface area contributed by atoms with Gasteiger partial charge in [0.25, 0.3) is 5.69 Å². The van der Waals surface area contributed by atoms with Crippen molar-refractivity contribution in [3.8, 4) is 11.4 Å². The third kappa shape index (κ3) is 5.10. The Kier molecular flexibility index (Phi) is 5.99. The second-order valence-electron chi connectivity index (χ2n) is 7.39. The van der Waals surface area contributed by atoms with Crippen LogP contribution in [-0.4, -0.2) is 45.5 Å². The monoisotopic (exact) mass is 425 g/mol. The molecule has 0 aliphatic carbocycles. The van der Waals surface area contributed by atoms with E-state index in [1.807, 2.05) is 4.90 Å². The standard InChI is InChI=1S/C21H20FN5O4/c22-16-5-3-14(4-6-16)20-24-21(31-25-20)15-2-1-11-26(12-15)13-19(28)23-17-7-9-18(10-8-17)27(29)30/h3-10,15H,1-2,11-13H2,(H,23,28). The first-order valence-corrected chi connectivity index (χ1v) is 9.84. The number of nitro groups is 1. The van der Waals surface area contributed by atoms with Crippen LogP contribution in [0.25, 0.3) is 11.4 Å². The van der Waals surface area contributed by atoms with Crippen LogP contribution in [0.2, 0.25) is 0 Å². The summed E-state index contributed by atoms with van der Waals surface area (Å²) in [7, 11) is 0. The van der Waals surface area contributed by atoms with Crippen molar-refractivity contribution in [2.45, 2.75) is 18.8 Å². The van der Waals surface area contributed by atoms with E-state index in [0.717, 1.165) is 19.4 Å². The number of non-ortho nitro benzene ring substituents is 1. The maximum atomic E-state index is 13.1. The zero-order valence-corrected chi connectivity index (χ0v) is 16.5. The summed E-state index contributed by atoms with van der Waals surface area (Å²) in [5, 5.41) is 17.5. The number of carbonyl (C=O) groups excluding carboxylic acids is 1. The number of carbonyl (C=O) groups is 1. The Labute approximate surface area is 177 Å². The van der Waals surface area contributed by atoms with Crippen molar-refractivity contribution in [1.82, 2.24) is 15.0 Å². The molecule has 0 saturated carbocycles. The Morgan fingerprint density at radius 1 is 1.23 bits per heavy atom. The normalized spacial score (nSPS) is 16.7. The fourth-order valence-corrected chi connectivity index (χ4v) is 3.59. The summed E-state index contributed by atoms with van der Waals surface area (Å²) in [6, 6.07) is 11.6. The van der Waals surface area contributed by atoms with E-state index in [4.69, 9.17) is 4.52 Å². The van der Waals surface area contributed by atoms with Crippen molar-refractivity contribution < 1.29 is 18.6 Å². The second-order valence-corrected chi connectivity index (χ2v) is 7.39. The zero-order chi connectivity index (χ0) is 21.8. The van der Waals surface area contributed by atoms with Crippen LogP contribution >= 0.6 is 0 Å². The average molecular weight is 425 g/mol. The molecule has 1 N–H and O–H groups in total. The van der Waals surface area contributed by atoms with E-state index in [0.29, 0.717) is 29.5 Å². The lowest BCUT2D eigenvalue weighted by molar-refractivity contribution is -0.384. The van der Waals surface area contributed by atoms with Gasteiger partial charge in [0.2, 0.25) is 17.6 Å². The second kappa shape index (κ2) is 9.00. The predicted molar refractivity (Wildman–Crippen MR) is 110 cm³/mol. The quantitative estimate of drug-likeness (QED) is 0.474. The van der Waals surface area contributed by atoms with Gasteiger partial charge in [-0.2, -0.15) is 4.98 Å². The molecule has 160 valence electrons. The van der Waals surface area contributed by atoms with Gasteiger partial charge in [0.05, 0.1) is 17.4 Å². The summed E-state index contributed by atoms with van der Waals surface area (Å²) in [6.07, 6.45) is 1.75. The van der Waals surface area contributed by atoms with E-state index in [1.54, 1.807) is 12.1 Å². The minimum atomic E-state index is -0.488. The Hall–Kier alpha value is -3.66. The maximum absolute atomic E-state index is 13.1. The zero-order valence-electron chi connectivity index (χ0n) is 16.5. The van der Waals surface area contributed by atoms with E-state index in [-0.39, 0.29) is 29.9 Å². The van der Waals surface area contributed by atoms with E-state index in [2.05, 4.69) is 15.5 Å². The Bertz CT molecular complexity index is 1070. The van der Waals surface area contributed by atoms with E-state index < -0.39 is 4.92 Å². The number of nitrogens with zero attached hydrogens (tertiary/aromatic N) is 4. The molecule has 1 unspecified atom stereocenters. The Morgan fingerprint density at radius 2 is 1.97 bits per heavy atom. The van der Waals surface area contributed by atoms with E-state index in [1.165, 1.54) is 36.4 Å². The highest BCUT2D eigenvalue weighted by Gasteiger charge is 2.27. The first-order valence-electron chi connectivity index (χ1n) is 9.84. The summed E-state index contributed by atoms with van der Waals surface area (Å²) < 4.78 is 18.5. The molecule has 31 heavy (non-hydrogen) atoms. The van der Waals surface area contributed by atoms with Crippen LogP contribution in [0.4, 0.5) is 15.8 Å². The van der Waals surface area contributed by atoms with Crippen LogP contribution < -0.4 is 5.32 Å². The van der Waals surface area contributed by atoms with Crippen molar-refractivity contribution in [2.24, 2.45) is 0 Å². The molecule has 9 nitrogen and oxygen atoms in total. The molecule has 1 atom stereocenters. The molecule has 1 aliphatic rings. The molecule has 0 spiro atoms. The summed E-state index contributed by atoms with van der Waals surface area (Å²) >= 11 is 0. The minimum absolute atomic E-state index is 0.00243. The van der Waals surface area contributed by atoms with Gasteiger partial charge in [-0.05, 0) is 55.8 Å². The number of piperidine rings is 1. The number of hydrogen-bond acceptors (Lipinski definition) is 7. The van der Waals surface area contributed by atoms with Crippen LogP contribution in [0.3, 0.4) is 0 Å². The van der Waals surface area contributed by atoms with Gasteiger partial charge in [0.1, 0.15) is 5.82 Å². The molecule has 4 rings (SSSR count). The molecule has 1 aliphatic heterocycles. The van der Waals surface area contributed by atoms with E-state index in [9.17, 15) is 19.3 Å². The number of halogens is 1. The number of likely N-dealkylation sites (tertiary alicyclic amines) is 1. The van der Waals surface area contributed by atoms with Gasteiger partial charge in [0, 0.05) is 29.9 Å². The van der Waals surface area contributed by atoms with Gasteiger partial charge >= 0.3 is 0 Å². The van der Waals surface area contributed by atoms with Crippen LogP contribution in [0.5, 0.6) is 0 Å². The first kappa shape index (κ1) is 20.6. The van der Waals surface area contributed by atoms with E-state index >= 15 is 0 Å². The van der Waals surface area contributed by atoms with Gasteiger partial charge in [0.15, 0.2) is 0 Å². The SMILES string of the molecule is O=C(CN1CCCC(c2nc(-c3ccc(F)cc3)no2)C1)Nc1ccc([N+](=O)[O-])cc1. The molecule has 2 aromatic carbocycles. The third-order valence-corrected chi connectivity index (χ3v) is 5.13. The first-order chi connectivity index (χ1) is 15.0. The molecular formula is C21H20FN5O4. The molecule has 10 heteroatoms. The molecular weight excluding hydrogens is 405 g/mol. The van der Waals surface area contributed by atoms with Gasteiger partial charge in [-0.25, -0.2) is 4.39 Å². The number of nitro benzene ring substituents is 1. The van der Waals surface area contributed by atoms with Gasteiger partial charge in [-0.1, -0.05) is 5.16 Å². The Balaban J connectivity index is 1.34. The smallest absolute Gasteiger partial charge is 0.269 e. The van der Waals surface area contributed by atoms with Gasteiger partial charge < -0.3 is 9.84 Å². The van der Waals surface area contributed by atoms with Crippen LogP contribution in [0.1, 0.15) is 24.7 Å². The number of anilines is 1. The molecule has 1 fully saturated rings. The highest BCUT2D eigenvalue weighted by Crippen LogP contribution is 2.27. The van der Waals surface area contributed by atoms with Crippen molar-refractivity contribution in [3.05, 3.63) is 70.4 Å². The molecule has 1 amide bonds. The van der Waals surface area contributed by atoms with Crippen molar-refractivity contribution in [3.63, 3.8) is 0 Å². The van der Waals surface area contributed by atoms with Crippen LogP contribution in [0, 0.1) is 15.9 Å². The van der Waals surface area contributed by atoms with Crippen molar-refractivity contribution in [1.29, 1.82) is 0 Å².